The Morgan fingerprint density at radius 1 is 1.29 bits per heavy atom. The molecule has 6 nitrogen and oxygen atoms in total. The van der Waals surface area contributed by atoms with Crippen LogP contribution in [0.3, 0.4) is 0 Å². The first kappa shape index (κ1) is 16.2. The Balaban J connectivity index is 2.11. The van der Waals surface area contributed by atoms with Gasteiger partial charge < -0.3 is 19.8 Å². The third-order valence-electron chi connectivity index (χ3n) is 4.86. The van der Waals surface area contributed by atoms with Gasteiger partial charge in [0.2, 0.25) is 5.91 Å². The highest BCUT2D eigenvalue weighted by Gasteiger charge is 2.45. The molecule has 1 saturated carbocycles. The topological polar surface area (TPSA) is 87.1 Å². The van der Waals surface area contributed by atoms with Crippen molar-refractivity contribution >= 4 is 11.9 Å². The quantitative estimate of drug-likeness (QED) is 0.799. The van der Waals surface area contributed by atoms with Crippen LogP contribution in [0.5, 0.6) is 0 Å². The summed E-state index contributed by atoms with van der Waals surface area (Å²) in [6.07, 6.45) is 1.78. The van der Waals surface area contributed by atoms with E-state index in [1.54, 1.807) is 4.90 Å². The number of nitrogens with zero attached hydrogens (tertiary/aromatic N) is 1. The molecule has 2 N–H and O–H groups in total. The van der Waals surface area contributed by atoms with Crippen molar-refractivity contribution in [1.82, 2.24) is 4.90 Å². The fourth-order valence-electron chi connectivity index (χ4n) is 3.47. The van der Waals surface area contributed by atoms with Crippen LogP contribution in [0.1, 0.15) is 33.1 Å². The monoisotopic (exact) mass is 299 g/mol. The summed E-state index contributed by atoms with van der Waals surface area (Å²) in [5.41, 5.74) is 0. The van der Waals surface area contributed by atoms with Crippen LogP contribution in [-0.2, 0) is 14.3 Å². The van der Waals surface area contributed by atoms with Crippen LogP contribution in [0.25, 0.3) is 0 Å². The van der Waals surface area contributed by atoms with Crippen molar-refractivity contribution in [3.63, 3.8) is 0 Å². The van der Waals surface area contributed by atoms with E-state index in [-0.39, 0.29) is 24.7 Å². The molecule has 120 valence electrons. The van der Waals surface area contributed by atoms with Gasteiger partial charge in [-0.2, -0.15) is 0 Å². The number of amides is 1. The molecule has 21 heavy (non-hydrogen) atoms. The zero-order valence-corrected chi connectivity index (χ0v) is 12.7. The van der Waals surface area contributed by atoms with Crippen molar-refractivity contribution in [3.05, 3.63) is 0 Å². The van der Waals surface area contributed by atoms with Crippen LogP contribution in [-0.4, -0.2) is 58.9 Å². The molecule has 0 spiro atoms. The van der Waals surface area contributed by atoms with Crippen molar-refractivity contribution in [2.24, 2.45) is 17.8 Å². The lowest BCUT2D eigenvalue weighted by atomic mass is 9.93. The van der Waals surface area contributed by atoms with Gasteiger partial charge in [0.25, 0.3) is 0 Å². The molecule has 0 aromatic heterocycles. The van der Waals surface area contributed by atoms with Crippen LogP contribution < -0.4 is 0 Å². The molecule has 0 bridgehead atoms. The largest absolute Gasteiger partial charge is 0.481 e. The number of aliphatic hydroxyl groups excluding tert-OH is 1. The molecule has 0 radical (unpaired) electrons. The van der Waals surface area contributed by atoms with Crippen molar-refractivity contribution in [3.8, 4) is 0 Å². The Morgan fingerprint density at radius 3 is 2.52 bits per heavy atom. The molecule has 2 fully saturated rings. The summed E-state index contributed by atoms with van der Waals surface area (Å²) in [7, 11) is 0. The first-order valence-corrected chi connectivity index (χ1v) is 7.73. The summed E-state index contributed by atoms with van der Waals surface area (Å²) in [5, 5.41) is 18.6. The standard InChI is InChI=1S/C15H25NO5/c1-3-10-4-12(13(5-10)15(19)20)14(18)16-6-11(7-17)21-8-9(16)2/h9-13,17H,3-8H2,1-2H3,(H,19,20)/t9?,10?,11?,12-,13+/m0/s1. The van der Waals surface area contributed by atoms with E-state index in [1.165, 1.54) is 0 Å². The summed E-state index contributed by atoms with van der Waals surface area (Å²) in [6, 6.07) is -0.0737. The molecular formula is C15H25NO5. The second kappa shape index (κ2) is 6.75. The number of morpholine rings is 1. The number of hydrogen-bond acceptors (Lipinski definition) is 4. The molecule has 1 aliphatic heterocycles. The lowest BCUT2D eigenvalue weighted by molar-refractivity contribution is -0.156. The zero-order chi connectivity index (χ0) is 15.6. The highest BCUT2D eigenvalue weighted by molar-refractivity contribution is 5.85. The van der Waals surface area contributed by atoms with E-state index in [0.29, 0.717) is 31.9 Å². The van der Waals surface area contributed by atoms with Gasteiger partial charge in [0.05, 0.1) is 37.2 Å². The maximum atomic E-state index is 12.8. The van der Waals surface area contributed by atoms with Gasteiger partial charge in [0.15, 0.2) is 0 Å². The van der Waals surface area contributed by atoms with Crippen LogP contribution in [0.4, 0.5) is 0 Å². The van der Waals surface area contributed by atoms with E-state index >= 15 is 0 Å². The average Bonchev–Trinajstić information content (AvgIpc) is 2.91. The number of carbonyl (C=O) groups is 2. The normalized spacial score (nSPS) is 36.7. The Labute approximate surface area is 125 Å². The zero-order valence-electron chi connectivity index (χ0n) is 12.7. The van der Waals surface area contributed by atoms with Gasteiger partial charge in [-0.15, -0.1) is 0 Å². The van der Waals surface area contributed by atoms with Gasteiger partial charge in [-0.1, -0.05) is 13.3 Å². The molecule has 1 amide bonds. The summed E-state index contributed by atoms with van der Waals surface area (Å²) in [6.45, 7) is 4.54. The maximum Gasteiger partial charge on any atom is 0.307 e. The Bertz CT molecular complexity index is 400. The molecule has 0 aromatic carbocycles. The molecule has 6 heteroatoms. The molecule has 5 atom stereocenters. The minimum absolute atomic E-state index is 0.0737. The Kier molecular flexibility index (Phi) is 5.22. The predicted molar refractivity (Wildman–Crippen MR) is 75.6 cm³/mol. The maximum absolute atomic E-state index is 12.8. The van der Waals surface area contributed by atoms with Crippen LogP contribution in [0, 0.1) is 17.8 Å². The highest BCUT2D eigenvalue weighted by atomic mass is 16.5. The number of rotatable bonds is 4. The fourth-order valence-corrected chi connectivity index (χ4v) is 3.47. The van der Waals surface area contributed by atoms with Crippen LogP contribution in [0.15, 0.2) is 0 Å². The van der Waals surface area contributed by atoms with E-state index in [2.05, 4.69) is 0 Å². The van der Waals surface area contributed by atoms with Gasteiger partial charge in [-0.25, -0.2) is 0 Å². The van der Waals surface area contributed by atoms with Gasteiger partial charge in [-0.05, 0) is 25.7 Å². The number of carboxylic acid groups (broad SMARTS) is 1. The summed E-state index contributed by atoms with van der Waals surface area (Å²) < 4.78 is 5.44. The van der Waals surface area contributed by atoms with E-state index in [9.17, 15) is 19.8 Å². The van der Waals surface area contributed by atoms with E-state index < -0.39 is 17.8 Å². The average molecular weight is 299 g/mol. The molecule has 2 rings (SSSR count). The van der Waals surface area contributed by atoms with Crippen LogP contribution in [0.2, 0.25) is 0 Å². The van der Waals surface area contributed by atoms with E-state index in [1.807, 2.05) is 13.8 Å². The lowest BCUT2D eigenvalue weighted by Gasteiger charge is -2.39. The molecule has 0 aromatic rings. The highest BCUT2D eigenvalue weighted by Crippen LogP contribution is 2.40. The summed E-state index contributed by atoms with van der Waals surface area (Å²) in [5.74, 6) is -1.67. The number of aliphatic hydroxyl groups is 1. The van der Waals surface area contributed by atoms with Gasteiger partial charge in [0, 0.05) is 6.54 Å². The summed E-state index contributed by atoms with van der Waals surface area (Å²) in [4.78, 5) is 25.9. The van der Waals surface area contributed by atoms with Crippen molar-refractivity contribution in [2.45, 2.75) is 45.3 Å². The summed E-state index contributed by atoms with van der Waals surface area (Å²) >= 11 is 0. The number of ether oxygens (including phenoxy) is 1. The number of hydrogen-bond donors (Lipinski definition) is 2. The SMILES string of the molecule is CCC1C[C@H](C(=O)N2CC(CO)OCC2C)[C@H](C(=O)O)C1. The number of aliphatic carboxylic acids is 1. The smallest absolute Gasteiger partial charge is 0.307 e. The molecule has 1 aliphatic carbocycles. The minimum atomic E-state index is -0.871. The van der Waals surface area contributed by atoms with Gasteiger partial charge in [0.1, 0.15) is 0 Å². The fraction of sp³-hybridized carbons (Fsp3) is 0.867. The number of carbonyl (C=O) groups excluding carboxylic acids is 1. The van der Waals surface area contributed by atoms with E-state index in [0.717, 1.165) is 6.42 Å². The Morgan fingerprint density at radius 2 is 1.95 bits per heavy atom. The van der Waals surface area contributed by atoms with Crippen molar-refractivity contribution in [1.29, 1.82) is 0 Å². The third-order valence-corrected chi connectivity index (χ3v) is 4.86. The molecule has 2 aliphatic rings. The van der Waals surface area contributed by atoms with Crippen molar-refractivity contribution in [2.75, 3.05) is 19.8 Å². The third kappa shape index (κ3) is 3.37. The second-order valence-corrected chi connectivity index (χ2v) is 6.27. The van der Waals surface area contributed by atoms with Crippen molar-refractivity contribution < 1.29 is 24.5 Å². The molecule has 3 unspecified atom stereocenters. The predicted octanol–water partition coefficient (Wildman–Crippen LogP) is 0.732. The minimum Gasteiger partial charge on any atom is -0.481 e. The lowest BCUT2D eigenvalue weighted by Crippen LogP contribution is -2.54. The first-order chi connectivity index (χ1) is 9.97. The second-order valence-electron chi connectivity index (χ2n) is 6.27. The molecular weight excluding hydrogens is 274 g/mol. The Hall–Kier alpha value is -1.14. The van der Waals surface area contributed by atoms with Crippen LogP contribution >= 0.6 is 0 Å². The number of carboxylic acids is 1. The molecule has 1 saturated heterocycles. The first-order valence-electron chi connectivity index (χ1n) is 7.73. The molecule has 1 heterocycles. The van der Waals surface area contributed by atoms with E-state index in [4.69, 9.17) is 4.74 Å². The van der Waals surface area contributed by atoms with Gasteiger partial charge >= 0.3 is 5.97 Å². The van der Waals surface area contributed by atoms with Gasteiger partial charge in [-0.3, -0.25) is 9.59 Å².